The van der Waals surface area contributed by atoms with Crippen LogP contribution in [-0.4, -0.2) is 37.8 Å². The van der Waals surface area contributed by atoms with E-state index in [-0.39, 0.29) is 11.5 Å². The molecule has 1 aliphatic rings. The minimum atomic E-state index is -3.08. The monoisotopic (exact) mass is 352 g/mol. The molecule has 0 bridgehead atoms. The van der Waals surface area contributed by atoms with E-state index in [1.54, 1.807) is 0 Å². The first-order chi connectivity index (χ1) is 11.0. The summed E-state index contributed by atoms with van der Waals surface area (Å²) in [6.07, 6.45) is 0.392. The maximum atomic E-state index is 12.5. The number of nitrogens with one attached hydrogen (secondary N) is 2. The van der Waals surface area contributed by atoms with Gasteiger partial charge in [-0.2, -0.15) is 0 Å². The molecule has 2 rings (SSSR count). The van der Waals surface area contributed by atoms with Gasteiger partial charge in [-0.3, -0.25) is 9.59 Å². The maximum absolute atomic E-state index is 12.5. The predicted molar refractivity (Wildman–Crippen MR) is 93.5 cm³/mol. The number of carbonyl (C=O) groups is 2. The molecule has 1 saturated heterocycles. The SMILES string of the molecule is Cc1cc(C)cc(NC(=O)C(C)(C)C(=O)NC2CCS(=O)(=O)C2)c1. The summed E-state index contributed by atoms with van der Waals surface area (Å²) < 4.78 is 23.0. The normalized spacial score (nSPS) is 19.8. The molecule has 2 amide bonds. The number of hydrogen-bond acceptors (Lipinski definition) is 4. The number of hydrogen-bond donors (Lipinski definition) is 2. The first-order valence-corrected chi connectivity index (χ1v) is 9.73. The second-order valence-electron chi connectivity index (χ2n) is 7.03. The molecule has 24 heavy (non-hydrogen) atoms. The van der Waals surface area contributed by atoms with Gasteiger partial charge in [0, 0.05) is 11.7 Å². The van der Waals surface area contributed by atoms with Gasteiger partial charge in [-0.25, -0.2) is 8.42 Å². The third-order valence-electron chi connectivity index (χ3n) is 4.18. The van der Waals surface area contributed by atoms with E-state index in [4.69, 9.17) is 0 Å². The predicted octanol–water partition coefficient (Wildman–Crippen LogP) is 1.57. The van der Waals surface area contributed by atoms with Gasteiger partial charge < -0.3 is 10.6 Å². The fraction of sp³-hybridized carbons (Fsp3) is 0.529. The van der Waals surface area contributed by atoms with Crippen LogP contribution in [0.25, 0.3) is 0 Å². The van der Waals surface area contributed by atoms with Crippen LogP contribution in [0, 0.1) is 19.3 Å². The van der Waals surface area contributed by atoms with E-state index in [1.165, 1.54) is 13.8 Å². The van der Waals surface area contributed by atoms with Crippen LogP contribution in [0.2, 0.25) is 0 Å². The molecular formula is C17H24N2O4S. The first-order valence-electron chi connectivity index (χ1n) is 7.91. The minimum Gasteiger partial charge on any atom is -0.351 e. The molecule has 0 aromatic heterocycles. The van der Waals surface area contributed by atoms with Crippen molar-refractivity contribution in [1.82, 2.24) is 5.32 Å². The zero-order chi connectivity index (χ0) is 18.1. The molecule has 0 radical (unpaired) electrons. The second-order valence-corrected chi connectivity index (χ2v) is 9.26. The fourth-order valence-corrected chi connectivity index (χ4v) is 4.39. The van der Waals surface area contributed by atoms with E-state index in [2.05, 4.69) is 10.6 Å². The van der Waals surface area contributed by atoms with Crippen LogP contribution >= 0.6 is 0 Å². The van der Waals surface area contributed by atoms with Crippen LogP contribution in [0.3, 0.4) is 0 Å². The summed E-state index contributed by atoms with van der Waals surface area (Å²) in [5.41, 5.74) is 1.37. The Balaban J connectivity index is 2.05. The highest BCUT2D eigenvalue weighted by Crippen LogP contribution is 2.22. The van der Waals surface area contributed by atoms with Crippen molar-refractivity contribution in [1.29, 1.82) is 0 Å². The molecular weight excluding hydrogens is 328 g/mol. The Morgan fingerprint density at radius 2 is 1.67 bits per heavy atom. The molecule has 2 N–H and O–H groups in total. The lowest BCUT2D eigenvalue weighted by molar-refractivity contribution is -0.138. The molecule has 0 spiro atoms. The standard InChI is InChI=1S/C17H24N2O4S/c1-11-7-12(2)9-14(8-11)19-16(21)17(3,4)15(20)18-13-5-6-24(22,23)10-13/h7-9,13H,5-6,10H2,1-4H3,(H,18,20)(H,19,21). The molecule has 1 aromatic rings. The summed E-state index contributed by atoms with van der Waals surface area (Å²) in [5.74, 6) is -0.877. The zero-order valence-electron chi connectivity index (χ0n) is 14.5. The van der Waals surface area contributed by atoms with Crippen molar-refractivity contribution in [2.75, 3.05) is 16.8 Å². The average Bonchev–Trinajstić information content (AvgIpc) is 2.76. The second kappa shape index (κ2) is 6.55. The number of aryl methyl sites for hydroxylation is 2. The molecule has 1 fully saturated rings. The molecule has 0 aliphatic carbocycles. The van der Waals surface area contributed by atoms with Crippen LogP contribution in [-0.2, 0) is 19.4 Å². The summed E-state index contributed by atoms with van der Waals surface area (Å²) in [6, 6.07) is 5.25. The van der Waals surface area contributed by atoms with E-state index in [0.29, 0.717) is 12.1 Å². The van der Waals surface area contributed by atoms with Gasteiger partial charge in [0.1, 0.15) is 5.41 Å². The highest BCUT2D eigenvalue weighted by molar-refractivity contribution is 7.91. The van der Waals surface area contributed by atoms with Crippen LogP contribution < -0.4 is 10.6 Å². The van der Waals surface area contributed by atoms with E-state index in [0.717, 1.165) is 11.1 Å². The van der Waals surface area contributed by atoms with Crippen LogP contribution in [0.15, 0.2) is 18.2 Å². The molecule has 1 aliphatic heterocycles. The fourth-order valence-electron chi connectivity index (χ4n) is 2.71. The van der Waals surface area contributed by atoms with Gasteiger partial charge in [0.2, 0.25) is 11.8 Å². The van der Waals surface area contributed by atoms with Gasteiger partial charge in [0.05, 0.1) is 11.5 Å². The number of rotatable bonds is 4. The largest absolute Gasteiger partial charge is 0.351 e. The smallest absolute Gasteiger partial charge is 0.239 e. The lowest BCUT2D eigenvalue weighted by Crippen LogP contribution is -2.48. The van der Waals surface area contributed by atoms with Gasteiger partial charge in [0.25, 0.3) is 0 Å². The average molecular weight is 352 g/mol. The topological polar surface area (TPSA) is 92.3 Å². The van der Waals surface area contributed by atoms with E-state index < -0.39 is 33.1 Å². The molecule has 6 nitrogen and oxygen atoms in total. The van der Waals surface area contributed by atoms with Crippen molar-refractivity contribution in [3.63, 3.8) is 0 Å². The Morgan fingerprint density at radius 3 is 2.17 bits per heavy atom. The number of amides is 2. The summed E-state index contributed by atoms with van der Waals surface area (Å²) in [5, 5.41) is 5.45. The van der Waals surface area contributed by atoms with Crippen molar-refractivity contribution in [3.05, 3.63) is 29.3 Å². The van der Waals surface area contributed by atoms with E-state index in [1.807, 2.05) is 32.0 Å². The quantitative estimate of drug-likeness (QED) is 0.805. The van der Waals surface area contributed by atoms with Crippen molar-refractivity contribution in [2.24, 2.45) is 5.41 Å². The summed E-state index contributed by atoms with van der Waals surface area (Å²) in [7, 11) is -3.08. The van der Waals surface area contributed by atoms with Crippen molar-refractivity contribution < 1.29 is 18.0 Å². The number of sulfone groups is 1. The molecule has 1 heterocycles. The highest BCUT2D eigenvalue weighted by atomic mass is 32.2. The summed E-state index contributed by atoms with van der Waals surface area (Å²) >= 11 is 0. The third-order valence-corrected chi connectivity index (χ3v) is 5.95. The Labute approximate surface area is 142 Å². The Morgan fingerprint density at radius 1 is 1.08 bits per heavy atom. The van der Waals surface area contributed by atoms with Gasteiger partial charge in [-0.15, -0.1) is 0 Å². The minimum absolute atomic E-state index is 0.0620. The lowest BCUT2D eigenvalue weighted by Gasteiger charge is -2.24. The van der Waals surface area contributed by atoms with Gasteiger partial charge in [-0.1, -0.05) is 6.07 Å². The maximum Gasteiger partial charge on any atom is 0.239 e. The molecule has 0 saturated carbocycles. The number of carbonyl (C=O) groups excluding carboxylic acids is 2. The third kappa shape index (κ3) is 4.35. The van der Waals surface area contributed by atoms with Crippen molar-refractivity contribution in [3.8, 4) is 0 Å². The van der Waals surface area contributed by atoms with Crippen LogP contribution in [0.5, 0.6) is 0 Å². The van der Waals surface area contributed by atoms with Crippen molar-refractivity contribution >= 4 is 27.3 Å². The van der Waals surface area contributed by atoms with Gasteiger partial charge >= 0.3 is 0 Å². The summed E-state index contributed by atoms with van der Waals surface area (Å²) in [4.78, 5) is 24.9. The molecule has 7 heteroatoms. The van der Waals surface area contributed by atoms with Gasteiger partial charge in [0.15, 0.2) is 9.84 Å². The van der Waals surface area contributed by atoms with E-state index >= 15 is 0 Å². The Bertz CT molecular complexity index is 749. The zero-order valence-corrected chi connectivity index (χ0v) is 15.3. The molecule has 1 unspecified atom stereocenters. The highest BCUT2D eigenvalue weighted by Gasteiger charge is 2.39. The van der Waals surface area contributed by atoms with Crippen LogP contribution in [0.4, 0.5) is 5.69 Å². The van der Waals surface area contributed by atoms with Crippen LogP contribution in [0.1, 0.15) is 31.4 Å². The van der Waals surface area contributed by atoms with Crippen molar-refractivity contribution in [2.45, 2.75) is 40.2 Å². The van der Waals surface area contributed by atoms with E-state index in [9.17, 15) is 18.0 Å². The molecule has 1 atom stereocenters. The Kier molecular flexibility index (Phi) is 5.03. The first kappa shape index (κ1) is 18.4. The number of anilines is 1. The lowest BCUT2D eigenvalue weighted by atomic mass is 9.90. The number of benzene rings is 1. The Hall–Kier alpha value is -1.89. The van der Waals surface area contributed by atoms with Gasteiger partial charge in [-0.05, 0) is 57.4 Å². The summed E-state index contributed by atoms with van der Waals surface area (Å²) in [6.45, 7) is 6.93. The molecule has 1 aromatic carbocycles. The molecule has 132 valence electrons.